The van der Waals surface area contributed by atoms with Crippen molar-refractivity contribution in [2.24, 2.45) is 0 Å². The number of methoxy groups -OCH3 is 1. The lowest BCUT2D eigenvalue weighted by atomic mass is 10.1. The van der Waals surface area contributed by atoms with Crippen LogP contribution in [-0.4, -0.2) is 64.4 Å². The number of ether oxygens (including phenoxy) is 1. The number of alkyl halides is 2. The number of hydrogen-bond donors (Lipinski definition) is 2. The maximum Gasteiger partial charge on any atom is 0.338 e. The monoisotopic (exact) mass is 551 g/mol. The zero-order valence-electron chi connectivity index (χ0n) is 20.1. The molecule has 0 atom stereocenters. The normalized spacial score (nSPS) is 11.7. The second kappa shape index (κ2) is 10.1. The summed E-state index contributed by atoms with van der Waals surface area (Å²) >= 11 is 0. The Bertz CT molecular complexity index is 1650. The predicted octanol–water partition coefficient (Wildman–Crippen LogP) is 3.19. The fraction of sp³-hybridized carbons (Fsp3) is 0.227. The summed E-state index contributed by atoms with van der Waals surface area (Å²) < 4.78 is 73.5. The van der Waals surface area contributed by atoms with Crippen LogP contribution in [0.3, 0.4) is 0 Å². The number of aromatic nitrogens is 5. The van der Waals surface area contributed by atoms with Gasteiger partial charge in [0, 0.05) is 37.1 Å². The van der Waals surface area contributed by atoms with Crippen LogP contribution in [0.15, 0.2) is 36.8 Å². The number of fused-ring (bicyclic) bond motifs is 1. The van der Waals surface area contributed by atoms with Gasteiger partial charge in [0.15, 0.2) is 5.82 Å². The zero-order chi connectivity index (χ0) is 27.8. The molecule has 16 heteroatoms. The maximum absolute atomic E-state index is 14.3. The largest absolute Gasteiger partial charge is 0.495 e. The van der Waals surface area contributed by atoms with Crippen LogP contribution >= 0.6 is 0 Å². The molecule has 3 aromatic heterocycles. The van der Waals surface area contributed by atoms with Gasteiger partial charge in [-0.25, -0.2) is 36.4 Å². The van der Waals surface area contributed by atoms with Crippen molar-refractivity contribution in [3.8, 4) is 5.75 Å². The summed E-state index contributed by atoms with van der Waals surface area (Å²) in [6, 6.07) is 3.04. The second-order valence-corrected chi connectivity index (χ2v) is 9.96. The maximum atomic E-state index is 14.3. The number of sulfonamides is 1. The number of nitrogens with one attached hydrogen (secondary N) is 1. The summed E-state index contributed by atoms with van der Waals surface area (Å²) in [5.74, 6) is -2.75. The summed E-state index contributed by atoms with van der Waals surface area (Å²) in [4.78, 5) is 27.8. The van der Waals surface area contributed by atoms with E-state index in [0.717, 1.165) is 27.3 Å². The van der Waals surface area contributed by atoms with Crippen molar-refractivity contribution < 1.29 is 36.2 Å². The third kappa shape index (κ3) is 5.15. The molecule has 4 aromatic rings. The van der Waals surface area contributed by atoms with Crippen LogP contribution in [0.4, 0.5) is 30.6 Å². The number of carboxylic acids is 1. The van der Waals surface area contributed by atoms with Gasteiger partial charge in [-0.15, -0.1) is 0 Å². The van der Waals surface area contributed by atoms with Crippen molar-refractivity contribution in [3.63, 3.8) is 0 Å². The molecule has 4 rings (SSSR count). The fourth-order valence-electron chi connectivity index (χ4n) is 3.61. The first-order valence-electron chi connectivity index (χ1n) is 10.7. The molecule has 0 amide bonds. The van der Waals surface area contributed by atoms with Crippen LogP contribution in [0.2, 0.25) is 0 Å². The van der Waals surface area contributed by atoms with E-state index in [1.54, 1.807) is 0 Å². The number of nitrogens with zero attached hydrogens (tertiary/aromatic N) is 6. The molecule has 2 N–H and O–H groups in total. The topological polar surface area (TPSA) is 152 Å². The minimum atomic E-state index is -3.73. The fourth-order valence-corrected chi connectivity index (χ4v) is 4.08. The Morgan fingerprint density at radius 3 is 2.55 bits per heavy atom. The highest BCUT2D eigenvalue weighted by Crippen LogP contribution is 2.32. The molecule has 0 unspecified atom stereocenters. The molecular weight excluding hydrogens is 531 g/mol. The van der Waals surface area contributed by atoms with E-state index in [9.17, 15) is 26.4 Å². The number of carboxylic acid groups (broad SMARTS) is 1. The Hall–Kier alpha value is -4.47. The minimum absolute atomic E-state index is 0.00692. The highest BCUT2D eigenvalue weighted by atomic mass is 32.2. The third-order valence-electron chi connectivity index (χ3n) is 5.51. The molecule has 0 aliphatic carbocycles. The van der Waals surface area contributed by atoms with Crippen LogP contribution in [0.1, 0.15) is 28.2 Å². The molecule has 0 radical (unpaired) electrons. The van der Waals surface area contributed by atoms with E-state index >= 15 is 0 Å². The second-order valence-electron chi connectivity index (χ2n) is 7.95. The predicted molar refractivity (Wildman–Crippen MR) is 130 cm³/mol. The minimum Gasteiger partial charge on any atom is -0.495 e. The molecule has 1 aromatic carbocycles. The molecule has 0 fully saturated rings. The number of carbonyl (C=O) groups is 1. The van der Waals surface area contributed by atoms with Gasteiger partial charge in [-0.05, 0) is 12.1 Å². The zero-order valence-corrected chi connectivity index (χ0v) is 20.9. The van der Waals surface area contributed by atoms with E-state index in [2.05, 4.69) is 25.3 Å². The van der Waals surface area contributed by atoms with Crippen LogP contribution in [0.25, 0.3) is 11.0 Å². The lowest BCUT2D eigenvalue weighted by molar-refractivity contribution is 0.0691. The van der Waals surface area contributed by atoms with E-state index in [4.69, 9.17) is 9.84 Å². The molecule has 0 aliphatic rings. The van der Waals surface area contributed by atoms with E-state index in [0.29, 0.717) is 0 Å². The molecule has 3 heterocycles. The average Bonchev–Trinajstić information content (AvgIpc) is 3.21. The Morgan fingerprint density at radius 2 is 1.92 bits per heavy atom. The van der Waals surface area contributed by atoms with Crippen molar-refractivity contribution >= 4 is 44.5 Å². The molecule has 0 spiro atoms. The Balaban J connectivity index is 1.80. The van der Waals surface area contributed by atoms with Crippen molar-refractivity contribution in [2.75, 3.05) is 30.0 Å². The van der Waals surface area contributed by atoms with Gasteiger partial charge in [0.05, 0.1) is 36.9 Å². The molecule has 0 saturated carbocycles. The van der Waals surface area contributed by atoms with E-state index in [-0.39, 0.29) is 46.5 Å². The van der Waals surface area contributed by atoms with Gasteiger partial charge in [0.25, 0.3) is 6.43 Å². The quantitative estimate of drug-likeness (QED) is 0.317. The van der Waals surface area contributed by atoms with Gasteiger partial charge in [-0.3, -0.25) is 9.29 Å². The van der Waals surface area contributed by atoms with Gasteiger partial charge in [-0.1, -0.05) is 0 Å². The highest BCUT2D eigenvalue weighted by molar-refractivity contribution is 7.92. The third-order valence-corrected chi connectivity index (χ3v) is 6.68. The Morgan fingerprint density at radius 1 is 1.21 bits per heavy atom. The van der Waals surface area contributed by atoms with Gasteiger partial charge >= 0.3 is 5.97 Å². The first kappa shape index (κ1) is 26.6. The summed E-state index contributed by atoms with van der Waals surface area (Å²) in [6.07, 6.45) is 1.88. The van der Waals surface area contributed by atoms with Gasteiger partial charge in [0.2, 0.25) is 16.0 Å². The number of anilines is 3. The van der Waals surface area contributed by atoms with Gasteiger partial charge in [-0.2, -0.15) is 4.98 Å². The lowest BCUT2D eigenvalue weighted by Gasteiger charge is -2.19. The van der Waals surface area contributed by atoms with Crippen molar-refractivity contribution in [1.82, 2.24) is 24.5 Å². The van der Waals surface area contributed by atoms with Crippen LogP contribution in [-0.2, 0) is 16.6 Å². The number of hydrogen-bond acceptors (Lipinski definition) is 9. The smallest absolute Gasteiger partial charge is 0.338 e. The molecule has 38 heavy (non-hydrogen) atoms. The first-order valence-corrected chi connectivity index (χ1v) is 12.5. The molecule has 200 valence electrons. The summed E-state index contributed by atoms with van der Waals surface area (Å²) in [6.45, 7) is -0.312. The Labute approximate surface area is 213 Å². The molecule has 0 bridgehead atoms. The van der Waals surface area contributed by atoms with E-state index in [1.807, 2.05) is 0 Å². The summed E-state index contributed by atoms with van der Waals surface area (Å²) in [7, 11) is -1.22. The molecular formula is C22H20F3N7O5S. The number of aromatic carboxylic acids is 1. The first-order chi connectivity index (χ1) is 17.9. The van der Waals surface area contributed by atoms with Crippen LogP contribution < -0.4 is 14.4 Å². The molecule has 12 nitrogen and oxygen atoms in total. The van der Waals surface area contributed by atoms with E-state index < -0.39 is 39.5 Å². The number of benzene rings is 1. The average molecular weight is 552 g/mol. The van der Waals surface area contributed by atoms with Crippen molar-refractivity contribution in [3.05, 3.63) is 59.6 Å². The standard InChI is InChI=1S/C22H20F3N7O5S/c1-31(38(3,35)36)20-15(26-4-5-27-20)10-32-16(18(24)25)6-11-9-28-22(30-19(11)32)29-14-8-13(23)12(21(33)34)7-17(14)37-2/h4-9,18H,10H2,1-3H3,(H,33,34)(H,28,29,30). The molecule has 0 aliphatic heterocycles. The summed E-state index contributed by atoms with van der Waals surface area (Å²) in [5.41, 5.74) is -0.927. The van der Waals surface area contributed by atoms with Gasteiger partial charge in [0.1, 0.15) is 22.9 Å². The van der Waals surface area contributed by atoms with Crippen LogP contribution in [0, 0.1) is 5.82 Å². The lowest BCUT2D eigenvalue weighted by Crippen LogP contribution is -2.27. The summed E-state index contributed by atoms with van der Waals surface area (Å²) in [5, 5.41) is 12.1. The van der Waals surface area contributed by atoms with Crippen molar-refractivity contribution in [1.29, 1.82) is 0 Å². The number of halogens is 3. The van der Waals surface area contributed by atoms with E-state index in [1.165, 1.54) is 38.8 Å². The van der Waals surface area contributed by atoms with Crippen molar-refractivity contribution in [2.45, 2.75) is 13.0 Å². The van der Waals surface area contributed by atoms with Crippen LogP contribution in [0.5, 0.6) is 5.75 Å². The highest BCUT2D eigenvalue weighted by Gasteiger charge is 2.24. The SMILES string of the molecule is COc1cc(C(=O)O)c(F)cc1Nc1ncc2cc(C(F)F)n(Cc3nccnc3N(C)S(C)(=O)=O)c2n1. The molecule has 0 saturated heterocycles. The number of rotatable bonds is 9. The van der Waals surface area contributed by atoms with Gasteiger partial charge < -0.3 is 19.7 Å². The Kier molecular flexibility index (Phi) is 7.08.